The fourth-order valence-electron chi connectivity index (χ4n) is 1.35. The smallest absolute Gasteiger partial charge is 0.435 e. The Morgan fingerprint density at radius 3 is 2.44 bits per heavy atom. The number of aromatic carboxylic acids is 1. The number of carboxylic acids is 1. The van der Waals surface area contributed by atoms with Crippen molar-refractivity contribution in [3.63, 3.8) is 0 Å². The van der Waals surface area contributed by atoms with Gasteiger partial charge in [-0.25, -0.2) is 9.78 Å². The molecule has 2 rings (SSSR count). The summed E-state index contributed by atoms with van der Waals surface area (Å²) >= 11 is 1.87. The van der Waals surface area contributed by atoms with E-state index in [1.54, 1.807) is 17.7 Å². The van der Waals surface area contributed by atoms with Gasteiger partial charge in [-0.1, -0.05) is 0 Å². The van der Waals surface area contributed by atoms with Gasteiger partial charge in [0.1, 0.15) is 9.88 Å². The highest BCUT2D eigenvalue weighted by atomic mass is 32.1. The molecule has 0 amide bonds. The van der Waals surface area contributed by atoms with E-state index in [-0.39, 0.29) is 5.01 Å². The fourth-order valence-corrected chi connectivity index (χ4v) is 3.26. The molecule has 18 heavy (non-hydrogen) atoms. The lowest BCUT2D eigenvalue weighted by molar-refractivity contribution is -0.141. The van der Waals surface area contributed by atoms with Gasteiger partial charge in [0.05, 0.1) is 0 Å². The maximum atomic E-state index is 12.6. The van der Waals surface area contributed by atoms with Gasteiger partial charge in [-0.15, -0.1) is 11.3 Å². The Labute approximate surface area is 108 Å². The third-order valence-electron chi connectivity index (χ3n) is 2.18. The van der Waals surface area contributed by atoms with Crippen LogP contribution < -0.4 is 0 Å². The highest BCUT2D eigenvalue weighted by Crippen LogP contribution is 2.39. The third-order valence-corrected chi connectivity index (χ3v) is 4.11. The molecule has 0 unspecified atom stereocenters. The predicted molar refractivity (Wildman–Crippen MR) is 62.1 cm³/mol. The van der Waals surface area contributed by atoms with Crippen LogP contribution in [0.5, 0.6) is 0 Å². The molecule has 0 spiro atoms. The second-order valence-electron chi connectivity index (χ2n) is 3.47. The van der Waals surface area contributed by atoms with Crippen LogP contribution in [-0.2, 0) is 6.18 Å². The number of halogens is 3. The first kappa shape index (κ1) is 13.0. The van der Waals surface area contributed by atoms with E-state index in [9.17, 15) is 18.0 Å². The van der Waals surface area contributed by atoms with E-state index in [2.05, 4.69) is 4.98 Å². The van der Waals surface area contributed by atoms with E-state index in [0.717, 1.165) is 5.56 Å². The normalized spacial score (nSPS) is 11.8. The minimum Gasteiger partial charge on any atom is -0.477 e. The number of aromatic nitrogens is 1. The average Bonchev–Trinajstić information content (AvgIpc) is 2.81. The Bertz CT molecular complexity index is 601. The molecule has 0 aliphatic carbocycles. The number of carbonyl (C=O) groups is 1. The number of rotatable bonds is 2. The van der Waals surface area contributed by atoms with E-state index >= 15 is 0 Å². The molecule has 0 aliphatic rings. The molecule has 0 aliphatic heterocycles. The maximum Gasteiger partial charge on any atom is 0.435 e. The summed E-state index contributed by atoms with van der Waals surface area (Å²) in [6, 6.07) is 0. The van der Waals surface area contributed by atoms with Gasteiger partial charge in [0.25, 0.3) is 0 Å². The summed E-state index contributed by atoms with van der Waals surface area (Å²) in [4.78, 5) is 13.5. The number of hydrogen-bond donors (Lipinski definition) is 1. The number of carboxylic acid groups (broad SMARTS) is 1. The minimum absolute atomic E-state index is 0.0819. The molecule has 3 nitrogen and oxygen atoms in total. The van der Waals surface area contributed by atoms with Gasteiger partial charge < -0.3 is 5.11 Å². The molecule has 0 radical (unpaired) electrons. The van der Waals surface area contributed by atoms with Crippen molar-refractivity contribution in [1.82, 2.24) is 4.98 Å². The SMILES string of the molecule is Cc1cscc1-c1nc(C(F)(F)F)c(C(=O)O)s1. The van der Waals surface area contributed by atoms with Crippen LogP contribution in [0.3, 0.4) is 0 Å². The Morgan fingerprint density at radius 1 is 1.39 bits per heavy atom. The molecule has 0 aromatic carbocycles. The summed E-state index contributed by atoms with van der Waals surface area (Å²) < 4.78 is 37.9. The second kappa shape index (κ2) is 4.36. The molecule has 0 fully saturated rings. The summed E-state index contributed by atoms with van der Waals surface area (Å²) in [5, 5.41) is 12.3. The van der Waals surface area contributed by atoms with E-state index in [4.69, 9.17) is 5.11 Å². The van der Waals surface area contributed by atoms with Crippen LogP contribution in [0.4, 0.5) is 13.2 Å². The van der Waals surface area contributed by atoms with Gasteiger partial charge in [-0.3, -0.25) is 0 Å². The molecule has 96 valence electrons. The maximum absolute atomic E-state index is 12.6. The van der Waals surface area contributed by atoms with Crippen molar-refractivity contribution >= 4 is 28.6 Å². The lowest BCUT2D eigenvalue weighted by atomic mass is 10.2. The monoisotopic (exact) mass is 293 g/mol. The van der Waals surface area contributed by atoms with Gasteiger partial charge in [-0.2, -0.15) is 24.5 Å². The zero-order chi connectivity index (χ0) is 13.5. The van der Waals surface area contributed by atoms with Crippen molar-refractivity contribution in [2.75, 3.05) is 0 Å². The molecule has 0 saturated carbocycles. The molecule has 2 heterocycles. The first-order chi connectivity index (χ1) is 8.30. The van der Waals surface area contributed by atoms with Crippen molar-refractivity contribution in [2.24, 2.45) is 0 Å². The second-order valence-corrected chi connectivity index (χ2v) is 5.21. The largest absolute Gasteiger partial charge is 0.477 e. The van der Waals surface area contributed by atoms with Crippen LogP contribution in [-0.4, -0.2) is 16.1 Å². The Morgan fingerprint density at radius 2 is 2.06 bits per heavy atom. The molecular weight excluding hydrogens is 287 g/mol. The number of aryl methyl sites for hydroxylation is 1. The van der Waals surface area contributed by atoms with Crippen LogP contribution in [0.1, 0.15) is 20.9 Å². The van der Waals surface area contributed by atoms with E-state index in [0.29, 0.717) is 16.9 Å². The van der Waals surface area contributed by atoms with Crippen LogP contribution in [0.25, 0.3) is 10.6 Å². The zero-order valence-electron chi connectivity index (χ0n) is 8.91. The number of nitrogens with zero attached hydrogens (tertiary/aromatic N) is 1. The lowest BCUT2D eigenvalue weighted by Gasteiger charge is -2.02. The third kappa shape index (κ3) is 2.25. The first-order valence-corrected chi connectivity index (χ1v) is 6.41. The summed E-state index contributed by atoms with van der Waals surface area (Å²) in [5.41, 5.74) is -0.0111. The van der Waals surface area contributed by atoms with Crippen molar-refractivity contribution in [2.45, 2.75) is 13.1 Å². The van der Waals surface area contributed by atoms with Crippen LogP contribution in [0.15, 0.2) is 10.8 Å². The van der Waals surface area contributed by atoms with E-state index < -0.39 is 22.7 Å². The lowest BCUT2D eigenvalue weighted by Crippen LogP contribution is -2.11. The molecule has 2 aromatic heterocycles. The van der Waals surface area contributed by atoms with E-state index in [1.165, 1.54) is 11.3 Å². The fraction of sp³-hybridized carbons (Fsp3) is 0.200. The summed E-state index contributed by atoms with van der Waals surface area (Å²) in [7, 11) is 0. The highest BCUT2D eigenvalue weighted by molar-refractivity contribution is 7.17. The Balaban J connectivity index is 2.60. The minimum atomic E-state index is -4.76. The molecule has 0 bridgehead atoms. The van der Waals surface area contributed by atoms with Gasteiger partial charge >= 0.3 is 12.1 Å². The van der Waals surface area contributed by atoms with Gasteiger partial charge in [0.2, 0.25) is 0 Å². The Kier molecular flexibility index (Phi) is 3.16. The van der Waals surface area contributed by atoms with E-state index in [1.807, 2.05) is 0 Å². The highest BCUT2D eigenvalue weighted by Gasteiger charge is 2.39. The molecule has 8 heteroatoms. The summed E-state index contributed by atoms with van der Waals surface area (Å²) in [6.07, 6.45) is -4.76. The molecule has 0 saturated heterocycles. The van der Waals surface area contributed by atoms with Crippen molar-refractivity contribution in [3.05, 3.63) is 26.9 Å². The average molecular weight is 293 g/mol. The number of thiophene rings is 1. The van der Waals surface area contributed by atoms with Crippen molar-refractivity contribution in [1.29, 1.82) is 0 Å². The van der Waals surface area contributed by atoms with Crippen molar-refractivity contribution in [3.8, 4) is 10.6 Å². The predicted octanol–water partition coefficient (Wildman–Crippen LogP) is 3.90. The first-order valence-electron chi connectivity index (χ1n) is 4.65. The van der Waals surface area contributed by atoms with Crippen LogP contribution in [0.2, 0.25) is 0 Å². The number of alkyl halides is 3. The Hall–Kier alpha value is -1.41. The molecule has 1 N–H and O–H groups in total. The molecular formula is C10H6F3NO2S2. The number of hydrogen-bond acceptors (Lipinski definition) is 4. The zero-order valence-corrected chi connectivity index (χ0v) is 10.5. The quantitative estimate of drug-likeness (QED) is 0.913. The summed E-state index contributed by atoms with van der Waals surface area (Å²) in [5.74, 6) is -1.61. The van der Waals surface area contributed by atoms with Crippen LogP contribution in [0, 0.1) is 6.92 Å². The standard InChI is InChI=1S/C10H6F3NO2S2/c1-4-2-17-3-5(4)8-14-7(10(11,12)13)6(18-8)9(15)16/h2-3H,1H3,(H,15,16). The molecule has 2 aromatic rings. The van der Waals surface area contributed by atoms with Gasteiger partial charge in [0.15, 0.2) is 5.69 Å². The number of thiazole rings is 1. The summed E-state index contributed by atoms with van der Waals surface area (Å²) in [6.45, 7) is 1.74. The van der Waals surface area contributed by atoms with Crippen molar-refractivity contribution < 1.29 is 23.1 Å². The van der Waals surface area contributed by atoms with Gasteiger partial charge in [-0.05, 0) is 17.9 Å². The van der Waals surface area contributed by atoms with Crippen LogP contribution >= 0.6 is 22.7 Å². The molecule has 0 atom stereocenters. The van der Waals surface area contributed by atoms with Gasteiger partial charge in [0, 0.05) is 10.9 Å². The topological polar surface area (TPSA) is 50.2 Å².